The first-order chi connectivity index (χ1) is 13.9. The summed E-state index contributed by atoms with van der Waals surface area (Å²) in [4.78, 5) is 51.4. The number of aromatic nitrogens is 1. The molecular weight excluding hydrogens is 378 g/mol. The summed E-state index contributed by atoms with van der Waals surface area (Å²) in [6.45, 7) is 3.30. The molecule has 2 heterocycles. The van der Waals surface area contributed by atoms with Crippen molar-refractivity contribution in [3.05, 3.63) is 57.5 Å². The van der Waals surface area contributed by atoms with Gasteiger partial charge in [-0.3, -0.25) is 4.79 Å². The molecule has 1 aliphatic rings. The van der Waals surface area contributed by atoms with Crippen molar-refractivity contribution in [2.45, 2.75) is 26.3 Å². The second-order valence-corrected chi connectivity index (χ2v) is 6.34. The van der Waals surface area contributed by atoms with Crippen molar-refractivity contribution < 1.29 is 23.9 Å². The molecule has 1 aromatic carbocycles. The maximum Gasteiger partial charge on any atom is 0.339 e. The lowest BCUT2D eigenvalue weighted by atomic mass is 10.0. The topological polar surface area (TPSA) is 127 Å². The van der Waals surface area contributed by atoms with Gasteiger partial charge in [0.15, 0.2) is 0 Å². The van der Waals surface area contributed by atoms with E-state index >= 15 is 0 Å². The van der Waals surface area contributed by atoms with Crippen molar-refractivity contribution in [1.29, 1.82) is 0 Å². The van der Waals surface area contributed by atoms with Crippen LogP contribution in [0.25, 0.3) is 10.9 Å². The predicted molar refractivity (Wildman–Crippen MR) is 104 cm³/mol. The summed E-state index contributed by atoms with van der Waals surface area (Å²) in [6.07, 6.45) is 0.456. The highest BCUT2D eigenvalue weighted by atomic mass is 16.5. The Hall–Kier alpha value is -3.62. The van der Waals surface area contributed by atoms with Crippen LogP contribution in [0.1, 0.15) is 30.6 Å². The number of carbonyl (C=O) groups excluding carboxylic acids is 3. The van der Waals surface area contributed by atoms with E-state index in [0.717, 1.165) is 6.07 Å². The third-order valence-corrected chi connectivity index (χ3v) is 4.46. The van der Waals surface area contributed by atoms with Gasteiger partial charge in [0.1, 0.15) is 6.61 Å². The number of urea groups is 1. The highest BCUT2D eigenvalue weighted by Gasteiger charge is 2.32. The Morgan fingerprint density at radius 3 is 2.55 bits per heavy atom. The molecule has 1 aromatic heterocycles. The fraction of sp³-hybridized carbons (Fsp3) is 0.300. The number of hydrogen-bond acceptors (Lipinski definition) is 6. The van der Waals surface area contributed by atoms with Crippen LogP contribution in [0, 0.1) is 0 Å². The lowest BCUT2D eigenvalue weighted by Gasteiger charge is -2.28. The van der Waals surface area contributed by atoms with Crippen LogP contribution in [0.2, 0.25) is 0 Å². The van der Waals surface area contributed by atoms with Crippen LogP contribution < -0.4 is 16.2 Å². The Bertz CT molecular complexity index is 1060. The lowest BCUT2D eigenvalue weighted by molar-refractivity contribution is -0.139. The van der Waals surface area contributed by atoms with Gasteiger partial charge < -0.3 is 25.1 Å². The molecule has 0 radical (unpaired) electrons. The van der Waals surface area contributed by atoms with Crippen LogP contribution in [0.4, 0.5) is 4.79 Å². The minimum Gasteiger partial charge on any atom is -0.463 e. The van der Waals surface area contributed by atoms with Crippen LogP contribution in [-0.4, -0.2) is 42.2 Å². The van der Waals surface area contributed by atoms with Crippen LogP contribution in [0.3, 0.4) is 0 Å². The number of pyridine rings is 1. The third-order valence-electron chi connectivity index (χ3n) is 4.46. The number of amides is 2. The zero-order valence-electron chi connectivity index (χ0n) is 16.0. The van der Waals surface area contributed by atoms with E-state index in [9.17, 15) is 19.2 Å². The number of para-hydroxylation sites is 1. The normalized spacial score (nSPS) is 16.2. The molecule has 0 aliphatic carbocycles. The predicted octanol–water partition coefficient (Wildman–Crippen LogP) is 1.59. The second kappa shape index (κ2) is 8.59. The van der Waals surface area contributed by atoms with Crippen LogP contribution in [-0.2, 0) is 14.3 Å². The van der Waals surface area contributed by atoms with Crippen molar-refractivity contribution in [2.75, 3.05) is 13.2 Å². The van der Waals surface area contributed by atoms with E-state index in [1.54, 1.807) is 31.2 Å². The zero-order chi connectivity index (χ0) is 21.0. The Kier molecular flexibility index (Phi) is 5.96. The Morgan fingerprint density at radius 1 is 1.07 bits per heavy atom. The summed E-state index contributed by atoms with van der Waals surface area (Å²) >= 11 is 0. The molecule has 29 heavy (non-hydrogen) atoms. The number of rotatable bonds is 6. The van der Waals surface area contributed by atoms with Gasteiger partial charge in [-0.1, -0.05) is 25.1 Å². The van der Waals surface area contributed by atoms with Crippen molar-refractivity contribution in [3.63, 3.8) is 0 Å². The van der Waals surface area contributed by atoms with Gasteiger partial charge in [0.05, 0.1) is 29.5 Å². The van der Waals surface area contributed by atoms with Crippen LogP contribution in [0.5, 0.6) is 0 Å². The molecule has 9 heteroatoms. The molecule has 3 rings (SSSR count). The van der Waals surface area contributed by atoms with E-state index in [4.69, 9.17) is 9.47 Å². The first-order valence-corrected chi connectivity index (χ1v) is 9.21. The maximum absolute atomic E-state index is 12.6. The van der Waals surface area contributed by atoms with E-state index in [-0.39, 0.29) is 30.0 Å². The summed E-state index contributed by atoms with van der Waals surface area (Å²) in [5, 5.41) is 5.68. The highest BCUT2D eigenvalue weighted by molar-refractivity contribution is 6.03. The van der Waals surface area contributed by atoms with Gasteiger partial charge >= 0.3 is 18.0 Å². The van der Waals surface area contributed by atoms with E-state index in [1.165, 1.54) is 0 Å². The smallest absolute Gasteiger partial charge is 0.339 e. The summed E-state index contributed by atoms with van der Waals surface area (Å²) in [5.41, 5.74) is 0.511. The summed E-state index contributed by atoms with van der Waals surface area (Å²) in [6, 6.07) is 6.92. The second-order valence-electron chi connectivity index (χ2n) is 6.34. The molecule has 0 saturated carbocycles. The minimum absolute atomic E-state index is 0.0925. The van der Waals surface area contributed by atoms with Crippen molar-refractivity contribution in [2.24, 2.45) is 0 Å². The Balaban J connectivity index is 1.90. The monoisotopic (exact) mass is 399 g/mol. The van der Waals surface area contributed by atoms with Gasteiger partial charge in [-0.15, -0.1) is 0 Å². The van der Waals surface area contributed by atoms with Gasteiger partial charge in [0, 0.05) is 17.0 Å². The zero-order valence-corrected chi connectivity index (χ0v) is 16.0. The molecule has 3 N–H and O–H groups in total. The largest absolute Gasteiger partial charge is 0.463 e. The van der Waals surface area contributed by atoms with Crippen molar-refractivity contribution in [1.82, 2.24) is 15.6 Å². The number of ether oxygens (including phenoxy) is 2. The maximum atomic E-state index is 12.6. The van der Waals surface area contributed by atoms with Crippen molar-refractivity contribution in [3.8, 4) is 0 Å². The molecule has 0 bridgehead atoms. The molecule has 0 unspecified atom stereocenters. The fourth-order valence-corrected chi connectivity index (χ4v) is 3.16. The quantitative estimate of drug-likeness (QED) is 0.633. The fourth-order valence-electron chi connectivity index (χ4n) is 3.16. The molecule has 152 valence electrons. The highest BCUT2D eigenvalue weighted by Crippen LogP contribution is 2.19. The Morgan fingerprint density at radius 2 is 1.83 bits per heavy atom. The number of aromatic amines is 1. The van der Waals surface area contributed by atoms with Gasteiger partial charge in [-0.2, -0.15) is 0 Å². The molecule has 0 fully saturated rings. The average Bonchev–Trinajstić information content (AvgIpc) is 2.70. The van der Waals surface area contributed by atoms with Gasteiger partial charge in [-0.25, -0.2) is 14.4 Å². The summed E-state index contributed by atoms with van der Waals surface area (Å²) in [7, 11) is 0. The molecular formula is C20H21N3O6. The van der Waals surface area contributed by atoms with Gasteiger partial charge in [-0.05, 0) is 19.4 Å². The first-order valence-electron chi connectivity index (χ1n) is 9.21. The number of benzene rings is 1. The molecule has 9 nitrogen and oxygen atoms in total. The van der Waals surface area contributed by atoms with E-state index < -0.39 is 29.6 Å². The molecule has 2 amide bonds. The van der Waals surface area contributed by atoms with Gasteiger partial charge in [0.2, 0.25) is 5.56 Å². The number of fused-ring (bicyclic) bond motifs is 1. The molecule has 1 atom stereocenters. The first kappa shape index (κ1) is 20.1. The van der Waals surface area contributed by atoms with Crippen molar-refractivity contribution >= 4 is 28.9 Å². The Labute approximate surface area is 166 Å². The van der Waals surface area contributed by atoms with E-state index in [0.29, 0.717) is 17.3 Å². The third kappa shape index (κ3) is 4.29. The van der Waals surface area contributed by atoms with E-state index in [2.05, 4.69) is 15.6 Å². The molecule has 0 spiro atoms. The van der Waals surface area contributed by atoms with Crippen LogP contribution in [0.15, 0.2) is 46.4 Å². The molecule has 2 aromatic rings. The van der Waals surface area contributed by atoms with Crippen LogP contribution >= 0.6 is 0 Å². The standard InChI is InChI=1S/C20H21N3O6/c1-3-13-17(19(26)28-4-2)15(23-20(27)22-13)10-29-18(25)12-9-16(24)21-14-8-6-5-7-11(12)14/h5-9,13H,3-4,10H2,1-2H3,(H,21,24)(H2,22,23,27)/t13-/m0/s1. The number of H-pyrrole nitrogens is 1. The lowest BCUT2D eigenvalue weighted by Crippen LogP contribution is -2.51. The average molecular weight is 399 g/mol. The number of hydrogen-bond donors (Lipinski definition) is 3. The number of nitrogens with one attached hydrogen (secondary N) is 3. The van der Waals surface area contributed by atoms with Gasteiger partial charge in [0.25, 0.3) is 0 Å². The summed E-state index contributed by atoms with van der Waals surface area (Å²) in [5.74, 6) is -1.34. The SMILES string of the molecule is CCOC(=O)C1=C(COC(=O)c2cc(=O)[nH]c3ccccc23)NC(=O)N[C@H]1CC. The molecule has 1 aliphatic heterocycles. The minimum atomic E-state index is -0.746. The number of carbonyl (C=O) groups is 3. The summed E-state index contributed by atoms with van der Waals surface area (Å²) < 4.78 is 10.4. The number of esters is 2. The molecule has 0 saturated heterocycles. The van der Waals surface area contributed by atoms with E-state index in [1.807, 2.05) is 6.92 Å².